The molecule has 1 heterocycles. The van der Waals surface area contributed by atoms with Crippen molar-refractivity contribution in [2.75, 3.05) is 26.8 Å². The molecule has 1 aromatic heterocycles. The number of alkyl halides is 3. The summed E-state index contributed by atoms with van der Waals surface area (Å²) in [6, 6.07) is 10.2. The third-order valence-electron chi connectivity index (χ3n) is 3.49. The standard InChI is InChI=1S/C18H19F3N2O3/c1-13-5-3-4-6-15(13)25-10-9-23(2)17(24)14-7-8-16(22-11-14)26-12-18(19,20)21/h3-8,11H,9-10,12H2,1-2H3. The zero-order valence-corrected chi connectivity index (χ0v) is 14.4. The van der Waals surface area contributed by atoms with Gasteiger partial charge >= 0.3 is 6.18 Å². The van der Waals surface area contributed by atoms with Gasteiger partial charge in [0, 0.05) is 19.3 Å². The molecule has 0 aliphatic heterocycles. The summed E-state index contributed by atoms with van der Waals surface area (Å²) < 4.78 is 46.4. The topological polar surface area (TPSA) is 51.7 Å². The lowest BCUT2D eigenvalue weighted by molar-refractivity contribution is -0.154. The molecular weight excluding hydrogens is 349 g/mol. The fraction of sp³-hybridized carbons (Fsp3) is 0.333. The van der Waals surface area contributed by atoms with Crippen molar-refractivity contribution in [3.63, 3.8) is 0 Å². The zero-order chi connectivity index (χ0) is 19.2. The second kappa shape index (κ2) is 8.55. The van der Waals surface area contributed by atoms with Gasteiger partial charge in [0.15, 0.2) is 6.61 Å². The summed E-state index contributed by atoms with van der Waals surface area (Å²) in [5, 5.41) is 0. The van der Waals surface area contributed by atoms with Gasteiger partial charge in [-0.1, -0.05) is 18.2 Å². The maximum atomic E-state index is 12.3. The molecule has 5 nitrogen and oxygen atoms in total. The molecule has 0 radical (unpaired) electrons. The summed E-state index contributed by atoms with van der Waals surface area (Å²) in [6.45, 7) is 1.16. The number of para-hydroxylation sites is 1. The predicted molar refractivity (Wildman–Crippen MR) is 89.4 cm³/mol. The third kappa shape index (κ3) is 5.94. The van der Waals surface area contributed by atoms with Crippen molar-refractivity contribution >= 4 is 5.91 Å². The number of amides is 1. The number of benzene rings is 1. The van der Waals surface area contributed by atoms with E-state index in [0.29, 0.717) is 13.2 Å². The Morgan fingerprint density at radius 2 is 1.88 bits per heavy atom. The molecule has 0 bridgehead atoms. The van der Waals surface area contributed by atoms with Gasteiger partial charge < -0.3 is 14.4 Å². The van der Waals surface area contributed by atoms with Crippen LogP contribution in [0.5, 0.6) is 11.6 Å². The lowest BCUT2D eigenvalue weighted by atomic mass is 10.2. The second-order valence-corrected chi connectivity index (χ2v) is 5.63. The van der Waals surface area contributed by atoms with E-state index in [1.807, 2.05) is 31.2 Å². The van der Waals surface area contributed by atoms with Gasteiger partial charge in [0.2, 0.25) is 5.88 Å². The molecule has 0 unspecified atom stereocenters. The van der Waals surface area contributed by atoms with Gasteiger partial charge in [0.1, 0.15) is 12.4 Å². The molecule has 2 rings (SSSR count). The van der Waals surface area contributed by atoms with Gasteiger partial charge in [-0.15, -0.1) is 0 Å². The van der Waals surface area contributed by atoms with Crippen LogP contribution in [0.25, 0.3) is 0 Å². The Labute approximate surface area is 149 Å². The van der Waals surface area contributed by atoms with E-state index >= 15 is 0 Å². The van der Waals surface area contributed by atoms with Crippen molar-refractivity contribution in [2.45, 2.75) is 13.1 Å². The maximum absolute atomic E-state index is 12.3. The van der Waals surface area contributed by atoms with Crippen LogP contribution in [-0.4, -0.2) is 48.8 Å². The second-order valence-electron chi connectivity index (χ2n) is 5.63. The average molecular weight is 368 g/mol. The molecule has 0 saturated carbocycles. The first-order chi connectivity index (χ1) is 12.3. The maximum Gasteiger partial charge on any atom is 0.422 e. The molecule has 0 aliphatic rings. The van der Waals surface area contributed by atoms with Crippen LogP contribution in [0.2, 0.25) is 0 Å². The normalized spacial score (nSPS) is 11.1. The number of nitrogens with zero attached hydrogens (tertiary/aromatic N) is 2. The van der Waals surface area contributed by atoms with E-state index in [1.165, 1.54) is 23.2 Å². The van der Waals surface area contributed by atoms with Crippen molar-refractivity contribution in [3.05, 3.63) is 53.7 Å². The Hall–Kier alpha value is -2.77. The SMILES string of the molecule is Cc1ccccc1OCCN(C)C(=O)c1ccc(OCC(F)(F)F)nc1. The van der Waals surface area contributed by atoms with Gasteiger partial charge in [-0.25, -0.2) is 4.98 Å². The summed E-state index contributed by atoms with van der Waals surface area (Å²) in [6.07, 6.45) is -3.25. The number of aryl methyl sites for hydroxylation is 1. The molecule has 0 saturated heterocycles. The Balaban J connectivity index is 1.84. The Morgan fingerprint density at radius 3 is 2.50 bits per heavy atom. The number of aromatic nitrogens is 1. The minimum absolute atomic E-state index is 0.190. The van der Waals surface area contributed by atoms with Crippen LogP contribution in [0, 0.1) is 6.92 Å². The van der Waals surface area contributed by atoms with Gasteiger partial charge in [0.25, 0.3) is 5.91 Å². The first-order valence-corrected chi connectivity index (χ1v) is 7.86. The number of rotatable bonds is 7. The van der Waals surface area contributed by atoms with Crippen LogP contribution in [-0.2, 0) is 0 Å². The quantitative estimate of drug-likeness (QED) is 0.751. The van der Waals surface area contributed by atoms with E-state index in [9.17, 15) is 18.0 Å². The first-order valence-electron chi connectivity index (χ1n) is 7.86. The largest absolute Gasteiger partial charge is 0.491 e. The number of ether oxygens (including phenoxy) is 2. The number of pyridine rings is 1. The number of hydrogen-bond acceptors (Lipinski definition) is 4. The molecule has 1 aromatic carbocycles. The fourth-order valence-electron chi connectivity index (χ4n) is 2.08. The lowest BCUT2D eigenvalue weighted by Gasteiger charge is -2.18. The van der Waals surface area contributed by atoms with Crippen LogP contribution in [0.3, 0.4) is 0 Å². The molecule has 8 heteroatoms. The van der Waals surface area contributed by atoms with Crippen LogP contribution >= 0.6 is 0 Å². The molecule has 1 amide bonds. The van der Waals surface area contributed by atoms with E-state index in [2.05, 4.69) is 9.72 Å². The first kappa shape index (κ1) is 19.6. The fourth-order valence-corrected chi connectivity index (χ4v) is 2.08. The monoisotopic (exact) mass is 368 g/mol. The van der Waals surface area contributed by atoms with Gasteiger partial charge in [-0.3, -0.25) is 4.79 Å². The summed E-state index contributed by atoms with van der Waals surface area (Å²) in [5.41, 5.74) is 1.25. The molecule has 0 atom stereocenters. The highest BCUT2D eigenvalue weighted by molar-refractivity contribution is 5.93. The summed E-state index contributed by atoms with van der Waals surface area (Å²) >= 11 is 0. The molecular formula is C18H19F3N2O3. The number of carbonyl (C=O) groups excluding carboxylic acids is 1. The highest BCUT2D eigenvalue weighted by atomic mass is 19.4. The minimum atomic E-state index is -4.44. The zero-order valence-electron chi connectivity index (χ0n) is 14.4. The molecule has 140 valence electrons. The molecule has 0 spiro atoms. The Morgan fingerprint density at radius 1 is 1.15 bits per heavy atom. The van der Waals surface area contributed by atoms with Crippen LogP contribution in [0.15, 0.2) is 42.6 Å². The Kier molecular flexibility index (Phi) is 6.43. The van der Waals surface area contributed by atoms with E-state index in [0.717, 1.165) is 11.3 Å². The number of likely N-dealkylation sites (N-methyl/N-ethyl adjacent to an activating group) is 1. The molecule has 2 aromatic rings. The molecule has 0 fully saturated rings. The van der Waals surface area contributed by atoms with Crippen molar-refractivity contribution in [2.24, 2.45) is 0 Å². The van der Waals surface area contributed by atoms with E-state index in [1.54, 1.807) is 7.05 Å². The molecule has 0 N–H and O–H groups in total. The van der Waals surface area contributed by atoms with Crippen molar-refractivity contribution in [1.82, 2.24) is 9.88 Å². The van der Waals surface area contributed by atoms with Crippen molar-refractivity contribution < 1.29 is 27.4 Å². The highest BCUT2D eigenvalue weighted by Gasteiger charge is 2.28. The summed E-state index contributed by atoms with van der Waals surface area (Å²) in [7, 11) is 1.61. The van der Waals surface area contributed by atoms with Crippen LogP contribution in [0.1, 0.15) is 15.9 Å². The number of halogens is 3. The summed E-state index contributed by atoms with van der Waals surface area (Å²) in [4.78, 5) is 17.5. The predicted octanol–water partition coefficient (Wildman–Crippen LogP) is 3.48. The van der Waals surface area contributed by atoms with Crippen molar-refractivity contribution in [1.29, 1.82) is 0 Å². The van der Waals surface area contributed by atoms with Crippen LogP contribution in [0.4, 0.5) is 13.2 Å². The van der Waals surface area contributed by atoms with E-state index in [4.69, 9.17) is 4.74 Å². The smallest absolute Gasteiger partial charge is 0.422 e. The minimum Gasteiger partial charge on any atom is -0.491 e. The van der Waals surface area contributed by atoms with Gasteiger partial charge in [-0.05, 0) is 24.6 Å². The number of carbonyl (C=O) groups is 1. The molecule has 0 aliphatic carbocycles. The van der Waals surface area contributed by atoms with Crippen LogP contribution < -0.4 is 9.47 Å². The third-order valence-corrected chi connectivity index (χ3v) is 3.49. The lowest BCUT2D eigenvalue weighted by Crippen LogP contribution is -2.31. The number of hydrogen-bond donors (Lipinski definition) is 0. The van der Waals surface area contributed by atoms with Crippen molar-refractivity contribution in [3.8, 4) is 11.6 Å². The van der Waals surface area contributed by atoms with Gasteiger partial charge in [0.05, 0.1) is 12.1 Å². The molecule has 26 heavy (non-hydrogen) atoms. The highest BCUT2D eigenvalue weighted by Crippen LogP contribution is 2.18. The average Bonchev–Trinajstić information content (AvgIpc) is 2.60. The van der Waals surface area contributed by atoms with E-state index in [-0.39, 0.29) is 17.4 Å². The van der Waals surface area contributed by atoms with Gasteiger partial charge in [-0.2, -0.15) is 13.2 Å². The summed E-state index contributed by atoms with van der Waals surface area (Å²) in [5.74, 6) is 0.249. The Bertz CT molecular complexity index is 733. The van der Waals surface area contributed by atoms with E-state index < -0.39 is 12.8 Å².